The topological polar surface area (TPSA) is 221 Å². The molecule has 2 aliphatic heterocycles. The van der Waals surface area contributed by atoms with E-state index in [9.17, 15) is 0 Å². The van der Waals surface area contributed by atoms with Crippen molar-refractivity contribution in [2.75, 3.05) is 45.8 Å². The maximum Gasteiger partial charge on any atom is 3.00 e. The summed E-state index contributed by atoms with van der Waals surface area (Å²) in [5, 5.41) is 13.5. The molecule has 11 heteroatoms. The van der Waals surface area contributed by atoms with E-state index in [1.54, 1.807) is 0 Å². The van der Waals surface area contributed by atoms with Crippen LogP contribution in [-0.2, 0) is 33.6 Å². The molecule has 1 fully saturated rings. The van der Waals surface area contributed by atoms with Gasteiger partial charge in [0, 0.05) is 18.8 Å². The number of unbranched alkanes of at least 4 members (excludes halogenated alkanes) is 1. The van der Waals surface area contributed by atoms with Gasteiger partial charge in [-0.3, -0.25) is 0 Å². The Bertz CT molecular complexity index is 334. The zero-order chi connectivity index (χ0) is 13.9. The molecule has 2 aliphatic rings. The molecule has 0 spiro atoms. The Morgan fingerprint density at radius 3 is 2.11 bits per heavy atom. The quantitative estimate of drug-likeness (QED) is 0.336. The Kier molecular flexibility index (Phi) is 43.2. The summed E-state index contributed by atoms with van der Waals surface area (Å²) in [5.41, 5.74) is 1.43. The van der Waals surface area contributed by atoms with Gasteiger partial charge >= 0.3 is 33.6 Å². The Morgan fingerprint density at radius 2 is 1.56 bits per heavy atom. The van der Waals surface area contributed by atoms with Crippen LogP contribution in [0.25, 0.3) is 16.8 Å². The van der Waals surface area contributed by atoms with E-state index in [1.807, 2.05) is 6.20 Å². The molecule has 0 atom stereocenters. The van der Waals surface area contributed by atoms with Crippen molar-refractivity contribution in [3.63, 3.8) is 0 Å². The van der Waals surface area contributed by atoms with Crippen molar-refractivity contribution in [1.82, 2.24) is 0 Å². The summed E-state index contributed by atoms with van der Waals surface area (Å²) in [5.74, 6) is 0.925. The van der Waals surface area contributed by atoms with Crippen LogP contribution in [0.5, 0.6) is 0 Å². The molecule has 0 amide bonds. The molecule has 167 valence electrons. The average molecular weight is 484 g/mol. The number of rotatable bonds is 9. The van der Waals surface area contributed by atoms with Crippen LogP contribution in [0.1, 0.15) is 25.7 Å². The van der Waals surface area contributed by atoms with E-state index in [2.05, 4.69) is 33.4 Å². The van der Waals surface area contributed by atoms with Gasteiger partial charge < -0.3 is 49.3 Å². The maximum absolute atomic E-state index is 4.41. The largest absolute Gasteiger partial charge is 3.00 e. The molecular weight excluding hydrogens is 444 g/mol. The van der Waals surface area contributed by atoms with E-state index >= 15 is 0 Å². The minimum absolute atomic E-state index is 0. The van der Waals surface area contributed by atoms with Gasteiger partial charge in [0.2, 0.25) is 0 Å². The number of hydrogen-bond donors (Lipinski definition) is 2. The first kappa shape index (κ1) is 41.4. The third-order valence-electron chi connectivity index (χ3n) is 4.19. The normalized spacial score (nSPS) is 14.6. The zero-order valence-corrected chi connectivity index (χ0v) is 18.0. The monoisotopic (exact) mass is 484 g/mol. The molecule has 2 rings (SSSR count). The summed E-state index contributed by atoms with van der Waals surface area (Å²) >= 11 is 0. The summed E-state index contributed by atoms with van der Waals surface area (Å²) < 4.78 is 0. The van der Waals surface area contributed by atoms with Crippen molar-refractivity contribution in [1.29, 1.82) is 0 Å². The zero-order valence-electron chi connectivity index (χ0n) is 15.9. The predicted octanol–water partition coefficient (Wildman–Crippen LogP) is -2.08. The number of piperidine rings is 1. The Labute approximate surface area is 184 Å². The number of hydrogen-bond acceptors (Lipinski definition) is 0. The van der Waals surface area contributed by atoms with Gasteiger partial charge in [-0.05, 0) is 5.57 Å². The first-order valence-electron chi connectivity index (χ1n) is 8.24. The van der Waals surface area contributed by atoms with E-state index in [-0.39, 0.29) is 61.6 Å². The molecule has 0 aromatic rings. The molecule has 0 unspecified atom stereocenters. The summed E-state index contributed by atoms with van der Waals surface area (Å²) in [4.78, 5) is 0. The minimum atomic E-state index is 0. The fourth-order valence-electron chi connectivity index (χ4n) is 2.84. The van der Waals surface area contributed by atoms with Crippen molar-refractivity contribution in [3.8, 4) is 0 Å². The second-order valence-corrected chi connectivity index (χ2v) is 5.88. The van der Waals surface area contributed by atoms with E-state index < -0.39 is 0 Å². The smallest absolute Gasteiger partial charge is 0.693 e. The second-order valence-electron chi connectivity index (χ2n) is 5.88. The van der Waals surface area contributed by atoms with Crippen molar-refractivity contribution in [2.45, 2.75) is 25.7 Å². The summed E-state index contributed by atoms with van der Waals surface area (Å²) in [6.07, 6.45) is 11.6. The van der Waals surface area contributed by atoms with Crippen LogP contribution in [-0.4, -0.2) is 67.7 Å². The molecule has 0 aromatic heterocycles. The van der Waals surface area contributed by atoms with Gasteiger partial charge in [0.1, 0.15) is 6.54 Å². The molecule has 0 aromatic carbocycles. The standard InChI is InChI=1S/C16H28N4.2Co.H2N.4H2O/c1(7-19-13-15-3-9-17-10-4-15)2-8-20-14-16-5-11-18-12-6-16;;;;;;;/h3-4,9,16,19-20H,1-2,5-8,10-14H2;;;5*1H2/q-2;+2;+3;-1;;;;/p+2. The molecule has 1 saturated heterocycles. The van der Waals surface area contributed by atoms with Gasteiger partial charge in [0.05, 0.1) is 19.6 Å². The van der Waals surface area contributed by atoms with Gasteiger partial charge in [-0.1, -0.05) is 25.0 Å². The third kappa shape index (κ3) is 20.5. The summed E-state index contributed by atoms with van der Waals surface area (Å²) in [6, 6.07) is 0. The molecule has 1 radical (unpaired) electrons. The Hall–Kier alpha value is -0.0270. The SMILES string of the molecule is C1=CC(C[NH2+]CCCC[NH2+]CC2CC[N-]CC2)=CC[N-]1.O.O.O.O.[Co+2].[Co+3].[NH2-]. The molecule has 0 aliphatic carbocycles. The van der Waals surface area contributed by atoms with E-state index in [0.717, 1.165) is 32.1 Å². The van der Waals surface area contributed by atoms with Gasteiger partial charge in [-0.2, -0.15) is 6.20 Å². The van der Waals surface area contributed by atoms with Crippen LogP contribution >= 0.6 is 0 Å². The first-order valence-corrected chi connectivity index (χ1v) is 8.24. The van der Waals surface area contributed by atoms with Gasteiger partial charge in [0.25, 0.3) is 0 Å². The summed E-state index contributed by atoms with van der Waals surface area (Å²) in [7, 11) is 0. The van der Waals surface area contributed by atoms with Crippen LogP contribution < -0.4 is 10.6 Å². The molecule has 2 heterocycles. The van der Waals surface area contributed by atoms with E-state index in [4.69, 9.17) is 0 Å². The fraction of sp³-hybridized carbons (Fsp3) is 0.750. The van der Waals surface area contributed by atoms with Crippen LogP contribution in [0.4, 0.5) is 0 Å². The second kappa shape index (κ2) is 28.2. The molecule has 0 bridgehead atoms. The fourth-order valence-corrected chi connectivity index (χ4v) is 2.84. The molecule has 0 saturated carbocycles. The number of nitrogens with zero attached hydrogens (tertiary/aromatic N) is 2. The van der Waals surface area contributed by atoms with Crippen LogP contribution in [0.15, 0.2) is 23.9 Å². The first-order chi connectivity index (χ1) is 9.95. The van der Waals surface area contributed by atoms with Gasteiger partial charge in [-0.25, -0.2) is 0 Å². The molecule has 9 nitrogen and oxygen atoms in total. The van der Waals surface area contributed by atoms with Crippen molar-refractivity contribution < 1.29 is 66.1 Å². The molecule has 14 N–H and O–H groups in total. The number of quaternary nitrogens is 2. The van der Waals surface area contributed by atoms with E-state index in [0.29, 0.717) is 0 Å². The van der Waals surface area contributed by atoms with Crippen LogP contribution in [0.2, 0.25) is 0 Å². The average Bonchev–Trinajstić information content (AvgIpc) is 2.52. The van der Waals surface area contributed by atoms with E-state index in [1.165, 1.54) is 50.9 Å². The van der Waals surface area contributed by atoms with Crippen molar-refractivity contribution in [3.05, 3.63) is 40.7 Å². The van der Waals surface area contributed by atoms with Crippen molar-refractivity contribution >= 4 is 0 Å². The minimum Gasteiger partial charge on any atom is -0.693 e. The van der Waals surface area contributed by atoms with Gasteiger partial charge in [0.15, 0.2) is 0 Å². The summed E-state index contributed by atoms with van der Waals surface area (Å²) in [6.45, 7) is 8.04. The van der Waals surface area contributed by atoms with Gasteiger partial charge in [-0.15, -0.1) is 19.6 Å². The molecular formula is C16H40Co2N5O4+4. The Balaban J connectivity index is -0.000000157. The number of nitrogens with two attached hydrogens (primary N) is 3. The van der Waals surface area contributed by atoms with Crippen molar-refractivity contribution in [2.24, 2.45) is 5.92 Å². The molecule has 27 heavy (non-hydrogen) atoms. The predicted molar refractivity (Wildman–Crippen MR) is 104 cm³/mol. The third-order valence-corrected chi connectivity index (χ3v) is 4.19. The van der Waals surface area contributed by atoms with Crippen LogP contribution in [0.3, 0.4) is 0 Å². The Morgan fingerprint density at radius 1 is 0.963 bits per heavy atom. The van der Waals surface area contributed by atoms with Crippen LogP contribution in [0, 0.1) is 5.92 Å². The maximum atomic E-state index is 4.41.